The zero-order chi connectivity index (χ0) is 16.2. The molecule has 0 atom stereocenters. The van der Waals surface area contributed by atoms with E-state index in [-0.39, 0.29) is 0 Å². The zero-order valence-corrected chi connectivity index (χ0v) is 11.0. The third-order valence-electron chi connectivity index (χ3n) is 2.64. The second-order valence-corrected chi connectivity index (χ2v) is 4.13. The first kappa shape index (κ1) is 15.5. The van der Waals surface area contributed by atoms with Gasteiger partial charge in [0.25, 0.3) is 0 Å². The smallest absolute Gasteiger partial charge is 0.475 e. The fourth-order valence-corrected chi connectivity index (χ4v) is 1.70. The standard InChI is InChI=1S/C12H9N3.C2HF3O2/c1-3-10-4-2-6-14-12(10)11(5-1)15-8-7-13-9-15;3-2(4,5)1(6)7/h1-9H;(H,6,7). The van der Waals surface area contributed by atoms with Gasteiger partial charge in [0.05, 0.1) is 17.5 Å². The molecular formula is C14H10F3N3O2. The van der Waals surface area contributed by atoms with Gasteiger partial charge in [0.2, 0.25) is 0 Å². The summed E-state index contributed by atoms with van der Waals surface area (Å²) in [5, 5.41) is 8.27. The molecule has 2 aromatic heterocycles. The van der Waals surface area contributed by atoms with E-state index in [1.807, 2.05) is 35.2 Å². The summed E-state index contributed by atoms with van der Waals surface area (Å²) < 4.78 is 33.7. The summed E-state index contributed by atoms with van der Waals surface area (Å²) >= 11 is 0. The van der Waals surface area contributed by atoms with E-state index in [0.29, 0.717) is 0 Å². The number of alkyl halides is 3. The van der Waals surface area contributed by atoms with E-state index in [4.69, 9.17) is 9.90 Å². The SMILES string of the molecule is O=C(O)C(F)(F)F.c1cnc2c(-n3ccnc3)cccc2c1. The van der Waals surface area contributed by atoms with Gasteiger partial charge in [-0.2, -0.15) is 13.2 Å². The van der Waals surface area contributed by atoms with Crippen LogP contribution in [0.2, 0.25) is 0 Å². The maximum atomic E-state index is 10.6. The van der Waals surface area contributed by atoms with Gasteiger partial charge < -0.3 is 9.67 Å². The van der Waals surface area contributed by atoms with E-state index >= 15 is 0 Å². The number of fused-ring (bicyclic) bond motifs is 1. The Bertz CT molecular complexity index is 765. The number of hydrogen-bond donors (Lipinski definition) is 1. The lowest BCUT2D eigenvalue weighted by molar-refractivity contribution is -0.192. The first-order valence-electron chi connectivity index (χ1n) is 6.02. The highest BCUT2D eigenvalue weighted by Gasteiger charge is 2.38. The average molecular weight is 309 g/mol. The number of aromatic nitrogens is 3. The van der Waals surface area contributed by atoms with Crippen LogP contribution in [0.1, 0.15) is 0 Å². The summed E-state index contributed by atoms with van der Waals surface area (Å²) in [5.74, 6) is -2.76. The first-order chi connectivity index (χ1) is 10.4. The van der Waals surface area contributed by atoms with Crippen molar-refractivity contribution < 1.29 is 23.1 Å². The molecule has 114 valence electrons. The van der Waals surface area contributed by atoms with E-state index in [2.05, 4.69) is 22.1 Å². The molecule has 0 amide bonds. The van der Waals surface area contributed by atoms with Gasteiger partial charge in [0.15, 0.2) is 0 Å². The van der Waals surface area contributed by atoms with Crippen LogP contribution in [0.15, 0.2) is 55.2 Å². The Morgan fingerprint density at radius 3 is 2.41 bits per heavy atom. The van der Waals surface area contributed by atoms with Gasteiger partial charge in [-0.05, 0) is 12.1 Å². The number of carboxylic acids is 1. The van der Waals surface area contributed by atoms with Gasteiger partial charge in [-0.15, -0.1) is 0 Å². The molecule has 22 heavy (non-hydrogen) atoms. The van der Waals surface area contributed by atoms with Gasteiger partial charge in [-0.3, -0.25) is 4.98 Å². The molecule has 8 heteroatoms. The number of benzene rings is 1. The molecule has 2 heterocycles. The Morgan fingerprint density at radius 1 is 1.14 bits per heavy atom. The van der Waals surface area contributed by atoms with Crippen LogP contribution in [0, 0.1) is 0 Å². The highest BCUT2D eigenvalue weighted by Crippen LogP contribution is 2.19. The third-order valence-corrected chi connectivity index (χ3v) is 2.64. The van der Waals surface area contributed by atoms with Crippen molar-refractivity contribution in [3.63, 3.8) is 0 Å². The van der Waals surface area contributed by atoms with Crippen molar-refractivity contribution >= 4 is 16.9 Å². The maximum Gasteiger partial charge on any atom is 0.490 e. The van der Waals surface area contributed by atoms with E-state index in [9.17, 15) is 13.2 Å². The average Bonchev–Trinajstić information content (AvgIpc) is 3.00. The summed E-state index contributed by atoms with van der Waals surface area (Å²) in [6.07, 6.45) is 2.19. The fourth-order valence-electron chi connectivity index (χ4n) is 1.70. The minimum absolute atomic E-state index is 0.998. The van der Waals surface area contributed by atoms with Gasteiger partial charge in [0.1, 0.15) is 0 Å². The maximum absolute atomic E-state index is 10.6. The second kappa shape index (κ2) is 6.25. The lowest BCUT2D eigenvalue weighted by Crippen LogP contribution is -2.21. The van der Waals surface area contributed by atoms with Crippen LogP contribution in [0.25, 0.3) is 16.6 Å². The molecule has 5 nitrogen and oxygen atoms in total. The Labute approximate surface area is 122 Å². The predicted molar refractivity (Wildman–Crippen MR) is 72.6 cm³/mol. The number of para-hydroxylation sites is 1. The quantitative estimate of drug-likeness (QED) is 0.750. The molecule has 1 N–H and O–H groups in total. The zero-order valence-electron chi connectivity index (χ0n) is 11.0. The lowest BCUT2D eigenvalue weighted by atomic mass is 10.2. The second-order valence-electron chi connectivity index (χ2n) is 4.13. The van der Waals surface area contributed by atoms with Gasteiger partial charge in [-0.25, -0.2) is 9.78 Å². The van der Waals surface area contributed by atoms with Crippen LogP contribution in [-0.2, 0) is 4.79 Å². The molecule has 0 radical (unpaired) electrons. The fraction of sp³-hybridized carbons (Fsp3) is 0.0714. The van der Waals surface area contributed by atoms with Crippen molar-refractivity contribution in [1.29, 1.82) is 0 Å². The van der Waals surface area contributed by atoms with Crippen molar-refractivity contribution in [3.8, 4) is 5.69 Å². The van der Waals surface area contributed by atoms with Crippen LogP contribution in [0.5, 0.6) is 0 Å². The van der Waals surface area contributed by atoms with Crippen molar-refractivity contribution in [2.24, 2.45) is 0 Å². The molecule has 3 aromatic rings. The molecule has 0 aliphatic rings. The van der Waals surface area contributed by atoms with Crippen LogP contribution in [0.3, 0.4) is 0 Å². The number of rotatable bonds is 1. The minimum Gasteiger partial charge on any atom is -0.475 e. The topological polar surface area (TPSA) is 68.0 Å². The monoisotopic (exact) mass is 309 g/mol. The molecule has 0 saturated heterocycles. The Kier molecular flexibility index (Phi) is 4.40. The molecule has 3 rings (SSSR count). The number of nitrogens with zero attached hydrogens (tertiary/aromatic N) is 3. The largest absolute Gasteiger partial charge is 0.490 e. The van der Waals surface area contributed by atoms with Gasteiger partial charge in [-0.1, -0.05) is 18.2 Å². The summed E-state index contributed by atoms with van der Waals surface area (Å²) in [5.41, 5.74) is 2.06. The number of imidazole rings is 1. The summed E-state index contributed by atoms with van der Waals surface area (Å²) in [6, 6.07) is 10.1. The molecule has 0 aliphatic heterocycles. The van der Waals surface area contributed by atoms with Crippen molar-refractivity contribution in [1.82, 2.24) is 14.5 Å². The van der Waals surface area contributed by atoms with Gasteiger partial charge in [0, 0.05) is 24.0 Å². The van der Waals surface area contributed by atoms with Crippen LogP contribution < -0.4 is 0 Å². The number of aliphatic carboxylic acids is 1. The Balaban J connectivity index is 0.000000217. The van der Waals surface area contributed by atoms with Crippen LogP contribution in [-0.4, -0.2) is 31.8 Å². The molecule has 0 unspecified atom stereocenters. The number of halogens is 3. The first-order valence-corrected chi connectivity index (χ1v) is 6.02. The molecule has 0 spiro atoms. The van der Waals surface area contributed by atoms with Crippen LogP contribution in [0.4, 0.5) is 13.2 Å². The predicted octanol–water partition coefficient (Wildman–Crippen LogP) is 3.05. The van der Waals surface area contributed by atoms with Crippen molar-refractivity contribution in [2.75, 3.05) is 0 Å². The highest BCUT2D eigenvalue weighted by molar-refractivity contribution is 5.86. The van der Waals surface area contributed by atoms with Gasteiger partial charge >= 0.3 is 12.1 Å². The number of carbonyl (C=O) groups is 1. The van der Waals surface area contributed by atoms with E-state index in [1.54, 1.807) is 12.5 Å². The molecule has 1 aromatic carbocycles. The minimum atomic E-state index is -5.08. The molecule has 0 aliphatic carbocycles. The number of carboxylic acid groups (broad SMARTS) is 1. The normalized spacial score (nSPS) is 10.9. The van der Waals surface area contributed by atoms with Crippen molar-refractivity contribution in [3.05, 3.63) is 55.2 Å². The Hall–Kier alpha value is -2.90. The number of pyridine rings is 1. The summed E-state index contributed by atoms with van der Waals surface area (Å²) in [6.45, 7) is 0. The molecule has 0 fully saturated rings. The molecular weight excluding hydrogens is 299 g/mol. The van der Waals surface area contributed by atoms with E-state index in [1.165, 1.54) is 0 Å². The third kappa shape index (κ3) is 3.60. The molecule has 0 bridgehead atoms. The Morgan fingerprint density at radius 2 is 1.82 bits per heavy atom. The highest BCUT2D eigenvalue weighted by atomic mass is 19.4. The summed E-state index contributed by atoms with van der Waals surface area (Å²) in [4.78, 5) is 17.3. The summed E-state index contributed by atoms with van der Waals surface area (Å²) in [7, 11) is 0. The number of hydrogen-bond acceptors (Lipinski definition) is 3. The van der Waals surface area contributed by atoms with Crippen molar-refractivity contribution in [2.45, 2.75) is 6.18 Å². The lowest BCUT2D eigenvalue weighted by Gasteiger charge is -2.05. The van der Waals surface area contributed by atoms with E-state index < -0.39 is 12.1 Å². The van der Waals surface area contributed by atoms with Crippen LogP contribution >= 0.6 is 0 Å². The molecule has 0 saturated carbocycles. The van der Waals surface area contributed by atoms with E-state index in [0.717, 1.165) is 16.6 Å².